The summed E-state index contributed by atoms with van der Waals surface area (Å²) in [5.74, 6) is 2.39. The van der Waals surface area contributed by atoms with Crippen LogP contribution in [0.2, 0.25) is 0 Å². The van der Waals surface area contributed by atoms with Crippen LogP contribution in [0.15, 0.2) is 11.6 Å². The normalized spacial score (nSPS) is 42.4. The molecule has 1 fully saturated rings. The highest BCUT2D eigenvalue weighted by molar-refractivity contribution is 5.95. The van der Waals surface area contributed by atoms with Crippen LogP contribution in [0.3, 0.4) is 0 Å². The number of aliphatic hydroxyl groups excluding tert-OH is 1. The summed E-state index contributed by atoms with van der Waals surface area (Å²) in [6.07, 6.45) is 3.47. The van der Waals surface area contributed by atoms with Gasteiger partial charge in [-0.2, -0.15) is 0 Å². The molecule has 0 bridgehead atoms. The van der Waals surface area contributed by atoms with E-state index in [-0.39, 0.29) is 6.10 Å². The highest BCUT2D eigenvalue weighted by Crippen LogP contribution is 2.47. The lowest BCUT2D eigenvalue weighted by molar-refractivity contribution is -0.120. The van der Waals surface area contributed by atoms with Crippen molar-refractivity contribution in [2.24, 2.45) is 29.6 Å². The van der Waals surface area contributed by atoms with Crippen molar-refractivity contribution in [3.63, 3.8) is 0 Å². The van der Waals surface area contributed by atoms with Crippen LogP contribution < -0.4 is 0 Å². The number of carbonyl (C=O) groups excluding carboxylic acids is 1. The van der Waals surface area contributed by atoms with Gasteiger partial charge in [0.2, 0.25) is 0 Å². The second-order valence-electron chi connectivity index (χ2n) is 6.32. The van der Waals surface area contributed by atoms with E-state index < -0.39 is 0 Å². The van der Waals surface area contributed by atoms with Crippen molar-refractivity contribution < 1.29 is 9.90 Å². The van der Waals surface area contributed by atoms with Gasteiger partial charge in [-0.1, -0.05) is 26.8 Å². The monoisotopic (exact) mass is 236 g/mol. The number of rotatable bonds is 1. The number of fused-ring (bicyclic) bond motifs is 1. The topological polar surface area (TPSA) is 37.3 Å². The zero-order chi connectivity index (χ0) is 12.7. The highest BCUT2D eigenvalue weighted by atomic mass is 16.3. The average Bonchev–Trinajstić information content (AvgIpc) is 2.20. The molecule has 0 amide bonds. The minimum absolute atomic E-state index is 0.205. The molecule has 0 aromatic carbocycles. The Morgan fingerprint density at radius 1 is 1.41 bits per heavy atom. The fourth-order valence-electron chi connectivity index (χ4n) is 3.85. The maximum absolute atomic E-state index is 11.8. The average molecular weight is 236 g/mol. The molecule has 0 spiro atoms. The van der Waals surface area contributed by atoms with Crippen LogP contribution in [0, 0.1) is 29.6 Å². The van der Waals surface area contributed by atoms with Crippen molar-refractivity contribution in [1.29, 1.82) is 0 Å². The fourth-order valence-corrected chi connectivity index (χ4v) is 3.85. The Balaban J connectivity index is 2.34. The second kappa shape index (κ2) is 4.56. The van der Waals surface area contributed by atoms with E-state index in [0.29, 0.717) is 41.8 Å². The summed E-state index contributed by atoms with van der Waals surface area (Å²) < 4.78 is 0. The molecule has 0 aromatic rings. The number of Topliss-reactive ketones (excluding diaryl/α,β-unsaturated/α-hetero) is 1. The molecular weight excluding hydrogens is 212 g/mol. The lowest BCUT2D eigenvalue weighted by atomic mass is 9.59. The Labute approximate surface area is 104 Å². The number of aliphatic hydroxyl groups is 1. The largest absolute Gasteiger partial charge is 0.393 e. The van der Waals surface area contributed by atoms with Gasteiger partial charge in [-0.3, -0.25) is 4.79 Å². The molecule has 5 unspecified atom stereocenters. The van der Waals surface area contributed by atoms with E-state index in [4.69, 9.17) is 0 Å². The molecule has 0 aliphatic heterocycles. The molecule has 2 aliphatic carbocycles. The predicted molar refractivity (Wildman–Crippen MR) is 68.5 cm³/mol. The van der Waals surface area contributed by atoms with Crippen molar-refractivity contribution in [3.05, 3.63) is 11.6 Å². The number of allylic oxidation sites excluding steroid dienone is 2. The van der Waals surface area contributed by atoms with Crippen LogP contribution in [0.5, 0.6) is 0 Å². The molecule has 0 saturated heterocycles. The first-order valence-corrected chi connectivity index (χ1v) is 6.81. The van der Waals surface area contributed by atoms with Gasteiger partial charge in [0.1, 0.15) is 0 Å². The van der Waals surface area contributed by atoms with Gasteiger partial charge in [-0.15, -0.1) is 0 Å². The van der Waals surface area contributed by atoms with Crippen molar-refractivity contribution in [2.45, 2.75) is 46.6 Å². The number of carbonyl (C=O) groups is 1. The van der Waals surface area contributed by atoms with Gasteiger partial charge in [0.05, 0.1) is 6.10 Å². The SMILES string of the molecule is CC1=CC2C(CC1=O)C(C)CC(O)C2C(C)C. The Hall–Kier alpha value is -0.630. The quantitative estimate of drug-likeness (QED) is 0.760. The minimum atomic E-state index is -0.205. The minimum Gasteiger partial charge on any atom is -0.393 e. The van der Waals surface area contributed by atoms with Crippen LogP contribution >= 0.6 is 0 Å². The van der Waals surface area contributed by atoms with Crippen LogP contribution in [0.4, 0.5) is 0 Å². The molecule has 1 N–H and O–H groups in total. The molecule has 2 rings (SSSR count). The van der Waals surface area contributed by atoms with Gasteiger partial charge < -0.3 is 5.11 Å². The molecule has 17 heavy (non-hydrogen) atoms. The van der Waals surface area contributed by atoms with Gasteiger partial charge >= 0.3 is 0 Å². The Bertz CT molecular complexity index is 343. The fraction of sp³-hybridized carbons (Fsp3) is 0.800. The summed E-state index contributed by atoms with van der Waals surface area (Å²) in [6.45, 7) is 8.46. The third kappa shape index (κ3) is 2.20. The van der Waals surface area contributed by atoms with Crippen molar-refractivity contribution in [1.82, 2.24) is 0 Å². The number of ketones is 1. The van der Waals surface area contributed by atoms with Gasteiger partial charge in [-0.05, 0) is 48.5 Å². The van der Waals surface area contributed by atoms with Gasteiger partial charge in [-0.25, -0.2) is 0 Å². The summed E-state index contributed by atoms with van der Waals surface area (Å²) in [6, 6.07) is 0. The third-order valence-corrected chi connectivity index (χ3v) is 4.80. The van der Waals surface area contributed by atoms with Crippen molar-refractivity contribution >= 4 is 5.78 Å². The molecular formula is C15H24O2. The lowest BCUT2D eigenvalue weighted by Gasteiger charge is -2.47. The molecule has 96 valence electrons. The first-order chi connectivity index (χ1) is 7.91. The van der Waals surface area contributed by atoms with E-state index in [1.54, 1.807) is 0 Å². The predicted octanol–water partition coefficient (Wildman–Crippen LogP) is 2.81. The number of hydrogen-bond donors (Lipinski definition) is 1. The summed E-state index contributed by atoms with van der Waals surface area (Å²) in [4.78, 5) is 11.8. The molecule has 2 heteroatoms. The Kier molecular flexibility index (Phi) is 3.44. The first-order valence-electron chi connectivity index (χ1n) is 6.81. The second-order valence-corrected chi connectivity index (χ2v) is 6.32. The van der Waals surface area contributed by atoms with E-state index >= 15 is 0 Å². The molecule has 0 heterocycles. The van der Waals surface area contributed by atoms with E-state index in [2.05, 4.69) is 26.8 Å². The van der Waals surface area contributed by atoms with E-state index in [1.807, 2.05) is 6.92 Å². The van der Waals surface area contributed by atoms with Crippen LogP contribution in [-0.2, 0) is 4.79 Å². The van der Waals surface area contributed by atoms with E-state index in [0.717, 1.165) is 12.0 Å². The number of hydrogen-bond acceptors (Lipinski definition) is 2. The molecule has 0 aromatic heterocycles. The first kappa shape index (κ1) is 12.8. The maximum Gasteiger partial charge on any atom is 0.158 e. The van der Waals surface area contributed by atoms with Crippen LogP contribution in [-0.4, -0.2) is 17.0 Å². The van der Waals surface area contributed by atoms with E-state index in [1.165, 1.54) is 0 Å². The van der Waals surface area contributed by atoms with Crippen molar-refractivity contribution in [2.75, 3.05) is 0 Å². The van der Waals surface area contributed by atoms with Gasteiger partial charge in [0.15, 0.2) is 5.78 Å². The summed E-state index contributed by atoms with van der Waals surface area (Å²) >= 11 is 0. The third-order valence-electron chi connectivity index (χ3n) is 4.80. The maximum atomic E-state index is 11.8. The smallest absolute Gasteiger partial charge is 0.158 e. The molecule has 0 radical (unpaired) electrons. The Morgan fingerprint density at radius 3 is 2.65 bits per heavy atom. The molecule has 2 nitrogen and oxygen atoms in total. The summed E-state index contributed by atoms with van der Waals surface area (Å²) in [5.41, 5.74) is 0.901. The standard InChI is InChI=1S/C15H24O2/c1-8(2)15-12-5-10(4)13(16)7-11(12)9(3)6-14(15)17/h5,8-9,11-12,14-15,17H,6-7H2,1-4H3. The highest BCUT2D eigenvalue weighted by Gasteiger charge is 2.45. The Morgan fingerprint density at radius 2 is 2.06 bits per heavy atom. The molecule has 2 aliphatic rings. The van der Waals surface area contributed by atoms with E-state index in [9.17, 15) is 9.90 Å². The van der Waals surface area contributed by atoms with Crippen molar-refractivity contribution in [3.8, 4) is 0 Å². The zero-order valence-electron chi connectivity index (χ0n) is 11.3. The summed E-state index contributed by atoms with van der Waals surface area (Å²) in [5, 5.41) is 10.3. The van der Waals surface area contributed by atoms with Gasteiger partial charge in [0.25, 0.3) is 0 Å². The van der Waals surface area contributed by atoms with Crippen LogP contribution in [0.25, 0.3) is 0 Å². The molecule has 1 saturated carbocycles. The zero-order valence-corrected chi connectivity index (χ0v) is 11.3. The lowest BCUT2D eigenvalue weighted by Crippen LogP contribution is -2.46. The summed E-state index contributed by atoms with van der Waals surface area (Å²) in [7, 11) is 0. The molecule has 5 atom stereocenters. The van der Waals surface area contributed by atoms with Crippen LogP contribution in [0.1, 0.15) is 40.5 Å². The van der Waals surface area contributed by atoms with Gasteiger partial charge in [0, 0.05) is 6.42 Å².